The number of nitrogens with one attached hydrogen (secondary N) is 1. The van der Waals surface area contributed by atoms with Gasteiger partial charge in [0.1, 0.15) is 6.10 Å². The van der Waals surface area contributed by atoms with E-state index >= 15 is 0 Å². The second-order valence-corrected chi connectivity index (χ2v) is 24.6. The van der Waals surface area contributed by atoms with Crippen molar-refractivity contribution in [3.8, 4) is 0 Å². The summed E-state index contributed by atoms with van der Waals surface area (Å²) in [5, 5.41) is 24.5. The Morgan fingerprint density at radius 3 is 2.15 bits per heavy atom. The Balaban J connectivity index is 1.19. The number of aliphatic carboxylic acids is 1. The monoisotopic (exact) mass is 791 g/mol. The van der Waals surface area contributed by atoms with Gasteiger partial charge in [0.2, 0.25) is 0 Å². The number of aliphatic hydroxyl groups excluding tert-OH is 1. The molecule has 1 aliphatic heterocycles. The number of hydrogen-bond acceptors (Lipinski definition) is 8. The van der Waals surface area contributed by atoms with Gasteiger partial charge in [0.05, 0.1) is 30.5 Å². The standard InChI is InChI=1S/C45H78N2O7S/c1-29(2)31-13-19-45(46-22-16-33(30(3)48)47-23-25-55(52,53)26-24-47)21-20-43(9)32(39(31)45)11-12-35-42(8)17-15-36(41(6,7)34(42)14-18-44(35,43)10)54-38(51)28-40(4,5)27-37(49)50/h29-36,39,46,48H,11-28H2,1-10H3,(H,49,50)/t30-,31-,32+,33+,34-,35+,36-,39+,42-,43+,44+,45-/m0/s1. The van der Waals surface area contributed by atoms with Gasteiger partial charge in [0.15, 0.2) is 9.84 Å². The Kier molecular flexibility index (Phi) is 11.9. The number of rotatable bonds is 12. The lowest BCUT2D eigenvalue weighted by atomic mass is 9.32. The van der Waals surface area contributed by atoms with Crippen LogP contribution < -0.4 is 5.32 Å². The molecule has 10 heteroatoms. The Labute approximate surface area is 334 Å². The van der Waals surface area contributed by atoms with Crippen LogP contribution in [-0.4, -0.2) is 90.4 Å². The number of carboxylic acids is 1. The molecule has 0 aromatic rings. The van der Waals surface area contributed by atoms with E-state index < -0.39 is 27.3 Å². The number of aliphatic hydroxyl groups is 1. The molecule has 6 fully saturated rings. The Morgan fingerprint density at radius 2 is 1.53 bits per heavy atom. The molecular formula is C45H78N2O7S. The summed E-state index contributed by atoms with van der Waals surface area (Å²) in [6.45, 7) is 25.0. The molecule has 3 N–H and O–H groups in total. The van der Waals surface area contributed by atoms with Gasteiger partial charge in [-0.25, -0.2) is 8.42 Å². The van der Waals surface area contributed by atoms with Crippen molar-refractivity contribution >= 4 is 21.8 Å². The van der Waals surface area contributed by atoms with E-state index in [2.05, 4.69) is 58.7 Å². The van der Waals surface area contributed by atoms with Gasteiger partial charge in [-0.2, -0.15) is 0 Å². The number of fused-ring (bicyclic) bond motifs is 7. The van der Waals surface area contributed by atoms with Crippen molar-refractivity contribution in [2.75, 3.05) is 31.1 Å². The van der Waals surface area contributed by atoms with Crippen LogP contribution in [0.25, 0.3) is 0 Å². The fraction of sp³-hybridized carbons (Fsp3) is 0.956. The average molecular weight is 791 g/mol. The lowest BCUT2D eigenvalue weighted by molar-refractivity contribution is -0.247. The van der Waals surface area contributed by atoms with E-state index in [1.54, 1.807) is 0 Å². The molecule has 5 saturated carbocycles. The second-order valence-electron chi connectivity index (χ2n) is 22.3. The molecule has 55 heavy (non-hydrogen) atoms. The lowest BCUT2D eigenvalue weighted by Crippen LogP contribution is -2.69. The minimum atomic E-state index is -2.97. The van der Waals surface area contributed by atoms with E-state index in [4.69, 9.17) is 4.74 Å². The number of hydrogen-bond donors (Lipinski definition) is 3. The number of carboxylic acid groups (broad SMARTS) is 1. The summed E-state index contributed by atoms with van der Waals surface area (Å²) >= 11 is 0. The van der Waals surface area contributed by atoms with E-state index in [0.717, 1.165) is 32.2 Å². The Bertz CT molecular complexity index is 1530. The third kappa shape index (κ3) is 7.72. The highest BCUT2D eigenvalue weighted by atomic mass is 32.2. The van der Waals surface area contributed by atoms with Crippen molar-refractivity contribution in [2.24, 2.45) is 62.6 Å². The van der Waals surface area contributed by atoms with E-state index in [0.29, 0.717) is 48.6 Å². The van der Waals surface area contributed by atoms with E-state index in [1.165, 1.54) is 44.9 Å². The van der Waals surface area contributed by atoms with Crippen LogP contribution in [0.1, 0.15) is 153 Å². The van der Waals surface area contributed by atoms with Gasteiger partial charge in [-0.3, -0.25) is 14.5 Å². The molecule has 0 aromatic heterocycles. The topological polar surface area (TPSA) is 133 Å². The van der Waals surface area contributed by atoms with E-state index in [9.17, 15) is 28.2 Å². The van der Waals surface area contributed by atoms with Gasteiger partial charge < -0.3 is 20.3 Å². The summed E-state index contributed by atoms with van der Waals surface area (Å²) in [4.78, 5) is 26.9. The van der Waals surface area contributed by atoms with Crippen LogP contribution in [0.2, 0.25) is 0 Å². The number of carbonyl (C=O) groups is 2. The van der Waals surface area contributed by atoms with Crippen LogP contribution in [-0.2, 0) is 24.2 Å². The molecule has 316 valence electrons. The molecule has 0 unspecified atom stereocenters. The first-order valence-electron chi connectivity index (χ1n) is 22.2. The van der Waals surface area contributed by atoms with Gasteiger partial charge in [-0.05, 0) is 141 Å². The SMILES string of the molecule is CC(C)[C@@H]1CC[C@]2(NCC[C@H]([C@H](C)O)N3CCS(=O)(=O)CC3)CC[C@]3(C)[C@H](CC[C@@H]4[C@@]5(C)CC[C@H](OC(=O)CC(C)(C)CC(=O)O)C(C)(C)[C@@H]5CC[C@]43C)[C@@H]12. The van der Waals surface area contributed by atoms with Crippen LogP contribution in [0.4, 0.5) is 0 Å². The molecule has 1 heterocycles. The number of esters is 1. The zero-order valence-electron chi connectivity index (χ0n) is 36.2. The highest BCUT2D eigenvalue weighted by molar-refractivity contribution is 7.91. The maximum Gasteiger partial charge on any atom is 0.306 e. The first-order valence-corrected chi connectivity index (χ1v) is 24.0. The molecule has 6 rings (SSSR count). The molecular weight excluding hydrogens is 713 g/mol. The van der Waals surface area contributed by atoms with Crippen molar-refractivity contribution in [1.82, 2.24) is 10.2 Å². The number of ether oxygens (including phenoxy) is 1. The van der Waals surface area contributed by atoms with E-state index in [-0.39, 0.29) is 69.7 Å². The normalized spacial score (nSPS) is 42.3. The third-order valence-electron chi connectivity index (χ3n) is 18.1. The van der Waals surface area contributed by atoms with Crippen molar-refractivity contribution < 1.29 is 33.0 Å². The minimum absolute atomic E-state index is 0.0362. The molecule has 0 spiro atoms. The number of sulfone groups is 1. The summed E-state index contributed by atoms with van der Waals surface area (Å²) in [7, 11) is -2.97. The Hall–Kier alpha value is -1.23. The fourth-order valence-electron chi connectivity index (χ4n) is 15.2. The molecule has 9 nitrogen and oxygen atoms in total. The zero-order valence-corrected chi connectivity index (χ0v) is 37.0. The summed E-state index contributed by atoms with van der Waals surface area (Å²) in [5.74, 6) is 2.89. The van der Waals surface area contributed by atoms with Gasteiger partial charge >= 0.3 is 11.9 Å². The van der Waals surface area contributed by atoms with Crippen LogP contribution in [0, 0.1) is 62.6 Å². The quantitative estimate of drug-likeness (QED) is 0.170. The molecule has 0 amide bonds. The number of carbonyl (C=O) groups excluding carboxylic acids is 1. The second kappa shape index (κ2) is 15.1. The highest BCUT2D eigenvalue weighted by Gasteiger charge is 2.71. The summed E-state index contributed by atoms with van der Waals surface area (Å²) in [6.07, 6.45) is 12.0. The van der Waals surface area contributed by atoms with Crippen molar-refractivity contribution in [3.63, 3.8) is 0 Å². The first-order chi connectivity index (χ1) is 25.4. The molecule has 0 radical (unpaired) electrons. The van der Waals surface area contributed by atoms with Crippen LogP contribution in [0.3, 0.4) is 0 Å². The maximum absolute atomic E-state index is 13.3. The minimum Gasteiger partial charge on any atom is -0.481 e. The highest BCUT2D eigenvalue weighted by Crippen LogP contribution is 2.76. The lowest BCUT2D eigenvalue weighted by Gasteiger charge is -2.73. The first kappa shape index (κ1) is 43.4. The van der Waals surface area contributed by atoms with Crippen molar-refractivity contribution in [2.45, 2.75) is 176 Å². The van der Waals surface area contributed by atoms with Gasteiger partial charge in [-0.15, -0.1) is 0 Å². The fourth-order valence-corrected chi connectivity index (χ4v) is 16.4. The van der Waals surface area contributed by atoms with E-state index in [1.807, 2.05) is 20.8 Å². The number of nitrogens with zero attached hydrogens (tertiary/aromatic N) is 1. The molecule has 0 aromatic carbocycles. The Morgan fingerprint density at radius 1 is 0.855 bits per heavy atom. The predicted molar refractivity (Wildman–Crippen MR) is 218 cm³/mol. The van der Waals surface area contributed by atoms with Crippen LogP contribution >= 0.6 is 0 Å². The summed E-state index contributed by atoms with van der Waals surface area (Å²) < 4.78 is 30.6. The molecule has 0 bridgehead atoms. The van der Waals surface area contributed by atoms with Gasteiger partial charge in [-0.1, -0.05) is 62.3 Å². The molecule has 6 aliphatic rings. The summed E-state index contributed by atoms with van der Waals surface area (Å²) in [5.41, 5.74) is -0.0596. The maximum atomic E-state index is 13.3. The third-order valence-corrected chi connectivity index (χ3v) is 19.7. The zero-order chi connectivity index (χ0) is 40.6. The van der Waals surface area contributed by atoms with Gasteiger partial charge in [0.25, 0.3) is 0 Å². The summed E-state index contributed by atoms with van der Waals surface area (Å²) in [6, 6.07) is -0.0362. The van der Waals surface area contributed by atoms with Crippen molar-refractivity contribution in [1.29, 1.82) is 0 Å². The van der Waals surface area contributed by atoms with Crippen LogP contribution in [0.5, 0.6) is 0 Å². The smallest absolute Gasteiger partial charge is 0.306 e. The predicted octanol–water partition coefficient (Wildman–Crippen LogP) is 7.74. The average Bonchev–Trinajstić information content (AvgIpc) is 3.44. The largest absolute Gasteiger partial charge is 0.481 e. The van der Waals surface area contributed by atoms with Crippen LogP contribution in [0.15, 0.2) is 0 Å². The molecule has 5 aliphatic carbocycles. The van der Waals surface area contributed by atoms with Crippen molar-refractivity contribution in [3.05, 3.63) is 0 Å². The van der Waals surface area contributed by atoms with Gasteiger partial charge in [0, 0.05) is 30.1 Å². The molecule has 1 saturated heterocycles. The molecule has 12 atom stereocenters.